The summed E-state index contributed by atoms with van der Waals surface area (Å²) in [7, 11) is 1.84. The van der Waals surface area contributed by atoms with E-state index in [1.165, 1.54) is 12.3 Å². The van der Waals surface area contributed by atoms with E-state index in [-0.39, 0.29) is 5.82 Å². The van der Waals surface area contributed by atoms with Gasteiger partial charge in [0, 0.05) is 7.05 Å². The summed E-state index contributed by atoms with van der Waals surface area (Å²) >= 11 is 0. The molecule has 0 aromatic carbocycles. The zero-order chi connectivity index (χ0) is 11.7. The molecule has 0 atom stereocenters. The molecule has 0 aliphatic heterocycles. The number of pyridine rings is 1. The summed E-state index contributed by atoms with van der Waals surface area (Å²) in [6.45, 7) is 4.12. The normalized spacial score (nSPS) is 11.1. The summed E-state index contributed by atoms with van der Waals surface area (Å²) in [6, 6.07) is 2.99. The SMILES string of the molecule is CC(C)c1c(-c2ccc(F)cn2)nnn1C. The molecule has 2 rings (SSSR count). The lowest BCUT2D eigenvalue weighted by Crippen LogP contribution is -2.01. The van der Waals surface area contributed by atoms with E-state index in [0.717, 1.165) is 11.4 Å². The minimum atomic E-state index is -0.348. The molecule has 0 radical (unpaired) electrons. The smallest absolute Gasteiger partial charge is 0.141 e. The van der Waals surface area contributed by atoms with E-state index in [0.29, 0.717) is 11.6 Å². The van der Waals surface area contributed by atoms with Gasteiger partial charge in [-0.25, -0.2) is 4.39 Å². The third-order valence-corrected chi connectivity index (χ3v) is 2.39. The summed E-state index contributed by atoms with van der Waals surface area (Å²) in [5.41, 5.74) is 2.37. The van der Waals surface area contributed by atoms with Gasteiger partial charge in [-0.3, -0.25) is 9.67 Å². The van der Waals surface area contributed by atoms with E-state index in [1.807, 2.05) is 7.05 Å². The predicted octanol–water partition coefficient (Wildman–Crippen LogP) is 2.14. The molecule has 2 aromatic rings. The average Bonchev–Trinajstić information content (AvgIpc) is 2.61. The van der Waals surface area contributed by atoms with Gasteiger partial charge < -0.3 is 0 Å². The van der Waals surface area contributed by atoms with Crippen molar-refractivity contribution in [2.45, 2.75) is 19.8 Å². The highest BCUT2D eigenvalue weighted by Gasteiger charge is 2.16. The van der Waals surface area contributed by atoms with Crippen molar-refractivity contribution in [2.75, 3.05) is 0 Å². The van der Waals surface area contributed by atoms with E-state index < -0.39 is 0 Å². The van der Waals surface area contributed by atoms with Gasteiger partial charge in [-0.2, -0.15) is 0 Å². The van der Waals surface area contributed by atoms with Crippen molar-refractivity contribution in [3.63, 3.8) is 0 Å². The Hall–Kier alpha value is -1.78. The fraction of sp³-hybridized carbons (Fsp3) is 0.364. The van der Waals surface area contributed by atoms with Gasteiger partial charge in [-0.15, -0.1) is 5.10 Å². The van der Waals surface area contributed by atoms with Crippen LogP contribution < -0.4 is 0 Å². The van der Waals surface area contributed by atoms with Crippen LogP contribution in [-0.4, -0.2) is 20.0 Å². The summed E-state index contributed by atoms with van der Waals surface area (Å²) in [5.74, 6) is -0.0550. The molecule has 84 valence electrons. The van der Waals surface area contributed by atoms with Crippen molar-refractivity contribution in [3.8, 4) is 11.4 Å². The van der Waals surface area contributed by atoms with Gasteiger partial charge in [0.05, 0.1) is 17.6 Å². The van der Waals surface area contributed by atoms with Gasteiger partial charge >= 0.3 is 0 Å². The number of nitrogens with zero attached hydrogens (tertiary/aromatic N) is 4. The molecule has 0 unspecified atom stereocenters. The van der Waals surface area contributed by atoms with E-state index in [2.05, 4.69) is 29.1 Å². The molecule has 0 fully saturated rings. The Kier molecular flexibility index (Phi) is 2.68. The fourth-order valence-corrected chi connectivity index (χ4v) is 1.71. The monoisotopic (exact) mass is 220 g/mol. The number of aryl methyl sites for hydroxylation is 1. The Morgan fingerprint density at radius 3 is 2.62 bits per heavy atom. The zero-order valence-corrected chi connectivity index (χ0v) is 9.48. The maximum atomic E-state index is 12.8. The number of hydrogen-bond donors (Lipinski definition) is 0. The maximum absolute atomic E-state index is 12.8. The topological polar surface area (TPSA) is 43.6 Å². The van der Waals surface area contributed by atoms with Crippen LogP contribution in [0, 0.1) is 5.82 Å². The fourth-order valence-electron chi connectivity index (χ4n) is 1.71. The van der Waals surface area contributed by atoms with Crippen LogP contribution in [0.2, 0.25) is 0 Å². The molecule has 0 aliphatic rings. The quantitative estimate of drug-likeness (QED) is 0.778. The molecule has 0 saturated carbocycles. The van der Waals surface area contributed by atoms with Crippen LogP contribution in [0.25, 0.3) is 11.4 Å². The van der Waals surface area contributed by atoms with Crippen molar-refractivity contribution in [1.82, 2.24) is 20.0 Å². The zero-order valence-electron chi connectivity index (χ0n) is 9.48. The molecule has 0 saturated heterocycles. The van der Waals surface area contributed by atoms with Gasteiger partial charge in [0.2, 0.25) is 0 Å². The molecule has 0 bridgehead atoms. The third kappa shape index (κ3) is 1.80. The number of aromatic nitrogens is 4. The predicted molar refractivity (Wildman–Crippen MR) is 58.3 cm³/mol. The van der Waals surface area contributed by atoms with Crippen molar-refractivity contribution >= 4 is 0 Å². The lowest BCUT2D eigenvalue weighted by Gasteiger charge is -2.06. The van der Waals surface area contributed by atoms with Crippen molar-refractivity contribution in [1.29, 1.82) is 0 Å². The van der Waals surface area contributed by atoms with Crippen LogP contribution in [0.4, 0.5) is 4.39 Å². The van der Waals surface area contributed by atoms with Crippen molar-refractivity contribution < 1.29 is 4.39 Å². The largest absolute Gasteiger partial charge is 0.251 e. The van der Waals surface area contributed by atoms with E-state index in [4.69, 9.17) is 0 Å². The standard InChI is InChI=1S/C11H13FN4/c1-7(2)11-10(14-15-16(11)3)9-5-4-8(12)6-13-9/h4-7H,1-3H3. The highest BCUT2D eigenvalue weighted by Crippen LogP contribution is 2.24. The first-order valence-corrected chi connectivity index (χ1v) is 5.11. The molecule has 5 heteroatoms. The number of hydrogen-bond acceptors (Lipinski definition) is 3. The second-order valence-electron chi connectivity index (χ2n) is 3.96. The molecule has 0 amide bonds. The molecule has 2 aromatic heterocycles. The molecular weight excluding hydrogens is 207 g/mol. The maximum Gasteiger partial charge on any atom is 0.141 e. The first-order valence-electron chi connectivity index (χ1n) is 5.11. The van der Waals surface area contributed by atoms with Gasteiger partial charge in [0.25, 0.3) is 0 Å². The first kappa shape index (κ1) is 10.7. The van der Waals surface area contributed by atoms with E-state index in [9.17, 15) is 4.39 Å². The van der Waals surface area contributed by atoms with Crippen molar-refractivity contribution in [3.05, 3.63) is 29.8 Å². The van der Waals surface area contributed by atoms with Crippen LogP contribution in [0.15, 0.2) is 18.3 Å². The third-order valence-electron chi connectivity index (χ3n) is 2.39. The summed E-state index contributed by atoms with van der Waals surface area (Å²) in [5, 5.41) is 8.03. The minimum absolute atomic E-state index is 0.293. The van der Waals surface area contributed by atoms with Crippen LogP contribution in [0.3, 0.4) is 0 Å². The summed E-state index contributed by atoms with van der Waals surface area (Å²) in [6.07, 6.45) is 1.19. The molecule has 0 spiro atoms. The van der Waals surface area contributed by atoms with Crippen molar-refractivity contribution in [2.24, 2.45) is 7.05 Å². The Bertz CT molecular complexity index is 487. The highest BCUT2D eigenvalue weighted by molar-refractivity contribution is 5.57. The number of rotatable bonds is 2. The second-order valence-corrected chi connectivity index (χ2v) is 3.96. The van der Waals surface area contributed by atoms with E-state index >= 15 is 0 Å². The lowest BCUT2D eigenvalue weighted by atomic mass is 10.1. The van der Waals surface area contributed by atoms with Gasteiger partial charge in [0.1, 0.15) is 11.5 Å². The Morgan fingerprint density at radius 2 is 2.06 bits per heavy atom. The summed E-state index contributed by atoms with van der Waals surface area (Å²) in [4.78, 5) is 4.01. The van der Waals surface area contributed by atoms with Gasteiger partial charge in [0.15, 0.2) is 0 Å². The average molecular weight is 220 g/mol. The molecule has 4 nitrogen and oxygen atoms in total. The first-order chi connectivity index (χ1) is 7.59. The van der Waals surface area contributed by atoms with E-state index in [1.54, 1.807) is 10.7 Å². The molecule has 0 aliphatic carbocycles. The summed E-state index contributed by atoms with van der Waals surface area (Å²) < 4.78 is 14.5. The van der Waals surface area contributed by atoms with Crippen LogP contribution in [0.5, 0.6) is 0 Å². The Labute approximate surface area is 93.1 Å². The van der Waals surface area contributed by atoms with Gasteiger partial charge in [-0.05, 0) is 18.1 Å². The van der Waals surface area contributed by atoms with Crippen LogP contribution in [0.1, 0.15) is 25.5 Å². The second kappa shape index (κ2) is 4.00. The molecule has 16 heavy (non-hydrogen) atoms. The Balaban J connectivity index is 2.52. The molecule has 0 N–H and O–H groups in total. The molecule has 2 heterocycles. The molecular formula is C11H13FN4. The van der Waals surface area contributed by atoms with Gasteiger partial charge in [-0.1, -0.05) is 19.1 Å². The Morgan fingerprint density at radius 1 is 1.31 bits per heavy atom. The van der Waals surface area contributed by atoms with Crippen LogP contribution in [-0.2, 0) is 7.05 Å². The minimum Gasteiger partial charge on any atom is -0.251 e. The van der Waals surface area contributed by atoms with Crippen LogP contribution >= 0.6 is 0 Å². The lowest BCUT2D eigenvalue weighted by molar-refractivity contribution is 0.621. The number of halogens is 1. The highest BCUT2D eigenvalue weighted by atomic mass is 19.1.